The van der Waals surface area contributed by atoms with E-state index >= 15 is 0 Å². The topological polar surface area (TPSA) is 96.9 Å². The summed E-state index contributed by atoms with van der Waals surface area (Å²) in [6.45, 7) is 0.378. The molecule has 3 aromatic carbocycles. The number of ether oxygens (including phenoxy) is 1. The molecule has 2 N–H and O–H groups in total. The fourth-order valence-corrected chi connectivity index (χ4v) is 3.61. The summed E-state index contributed by atoms with van der Waals surface area (Å²) in [6.07, 6.45) is 1.38. The molecule has 0 saturated carbocycles. The summed E-state index contributed by atoms with van der Waals surface area (Å²) in [5.41, 5.74) is 3.95. The number of carbonyl (C=O) groups excluding carboxylic acids is 3. The summed E-state index contributed by atoms with van der Waals surface area (Å²) < 4.78 is 18.6. The highest BCUT2D eigenvalue weighted by Gasteiger charge is 2.40. The lowest BCUT2D eigenvalue weighted by molar-refractivity contribution is -0.133. The minimum atomic E-state index is -0.886. The van der Waals surface area contributed by atoms with Crippen LogP contribution >= 0.6 is 0 Å². The molecule has 0 bridgehead atoms. The van der Waals surface area contributed by atoms with E-state index in [4.69, 9.17) is 4.74 Å². The van der Waals surface area contributed by atoms with E-state index in [-0.39, 0.29) is 23.1 Å². The number of hydrazone groups is 1. The highest BCUT2D eigenvalue weighted by Crippen LogP contribution is 2.29. The smallest absolute Gasteiger partial charge is 0.343 e. The zero-order chi connectivity index (χ0) is 23.2. The van der Waals surface area contributed by atoms with Crippen molar-refractivity contribution >= 4 is 24.0 Å². The number of nitrogens with one attached hydrogen (secondary N) is 2. The number of esters is 1. The van der Waals surface area contributed by atoms with Crippen molar-refractivity contribution < 1.29 is 23.5 Å². The first-order chi connectivity index (χ1) is 16.0. The third-order valence-electron chi connectivity index (χ3n) is 5.21. The lowest BCUT2D eigenvalue weighted by Crippen LogP contribution is -2.34. The molecule has 1 fully saturated rings. The van der Waals surface area contributed by atoms with Crippen molar-refractivity contribution in [1.29, 1.82) is 0 Å². The van der Waals surface area contributed by atoms with Gasteiger partial charge in [-0.25, -0.2) is 14.6 Å². The van der Waals surface area contributed by atoms with Crippen LogP contribution < -0.4 is 15.5 Å². The van der Waals surface area contributed by atoms with Gasteiger partial charge in [-0.15, -0.1) is 0 Å². The Balaban J connectivity index is 1.39. The van der Waals surface area contributed by atoms with Crippen LogP contribution in [0, 0.1) is 11.7 Å². The number of hydrogen-bond donors (Lipinski definition) is 2. The Morgan fingerprint density at radius 1 is 1.03 bits per heavy atom. The molecule has 2 atom stereocenters. The first-order valence-corrected chi connectivity index (χ1v) is 10.2. The molecule has 1 heterocycles. The van der Waals surface area contributed by atoms with E-state index in [1.54, 1.807) is 24.3 Å². The fraction of sp³-hybridized carbons (Fsp3) is 0.120. The van der Waals surface area contributed by atoms with E-state index in [1.807, 2.05) is 30.3 Å². The monoisotopic (exact) mass is 445 g/mol. The van der Waals surface area contributed by atoms with E-state index in [0.29, 0.717) is 12.1 Å². The molecule has 0 aromatic heterocycles. The number of rotatable bonds is 6. The number of nitrogens with zero attached hydrogens (tertiary/aromatic N) is 1. The Hall–Kier alpha value is -4.33. The van der Waals surface area contributed by atoms with Gasteiger partial charge >= 0.3 is 5.97 Å². The van der Waals surface area contributed by atoms with Crippen molar-refractivity contribution in [3.05, 3.63) is 101 Å². The number of hydrogen-bond acceptors (Lipinski definition) is 5. The molecule has 7 nitrogen and oxygen atoms in total. The summed E-state index contributed by atoms with van der Waals surface area (Å²) in [5.74, 6) is -3.02. The Kier molecular flexibility index (Phi) is 6.54. The van der Waals surface area contributed by atoms with Crippen molar-refractivity contribution in [2.75, 3.05) is 6.54 Å². The van der Waals surface area contributed by atoms with Gasteiger partial charge in [-0.2, -0.15) is 5.10 Å². The molecule has 166 valence electrons. The van der Waals surface area contributed by atoms with Gasteiger partial charge in [-0.3, -0.25) is 9.59 Å². The lowest BCUT2D eigenvalue weighted by atomic mass is 9.88. The van der Waals surface area contributed by atoms with E-state index in [1.165, 1.54) is 24.4 Å². The van der Waals surface area contributed by atoms with E-state index in [2.05, 4.69) is 15.8 Å². The lowest BCUT2D eigenvalue weighted by Gasteiger charge is -2.15. The van der Waals surface area contributed by atoms with Crippen molar-refractivity contribution in [3.63, 3.8) is 0 Å². The maximum atomic E-state index is 13.3. The molecule has 3 aromatic rings. The molecule has 0 radical (unpaired) electrons. The third kappa shape index (κ3) is 5.30. The van der Waals surface area contributed by atoms with E-state index < -0.39 is 23.6 Å². The first-order valence-electron chi connectivity index (χ1n) is 10.2. The van der Waals surface area contributed by atoms with Gasteiger partial charge in [-0.1, -0.05) is 48.5 Å². The molecule has 33 heavy (non-hydrogen) atoms. The zero-order valence-corrected chi connectivity index (χ0v) is 17.4. The molecule has 1 saturated heterocycles. The number of benzene rings is 3. The van der Waals surface area contributed by atoms with Crippen LogP contribution in [-0.4, -0.2) is 30.5 Å². The average Bonchev–Trinajstić information content (AvgIpc) is 3.21. The molecular weight excluding hydrogens is 425 g/mol. The molecule has 0 aliphatic carbocycles. The predicted octanol–water partition coefficient (Wildman–Crippen LogP) is 3.02. The Bertz CT molecular complexity index is 1210. The molecule has 2 amide bonds. The zero-order valence-electron chi connectivity index (χ0n) is 17.4. The maximum absolute atomic E-state index is 13.3. The Morgan fingerprint density at radius 3 is 2.61 bits per heavy atom. The van der Waals surface area contributed by atoms with Gasteiger partial charge in [0.2, 0.25) is 5.91 Å². The molecule has 4 rings (SSSR count). The maximum Gasteiger partial charge on any atom is 0.343 e. The SMILES string of the molecule is O=C(Oc1cccc(/C=N/NC(=O)[C@@H]2C(=O)NC[C@H]2c2ccccc2)c1)c1cccc(F)c1. The van der Waals surface area contributed by atoms with Gasteiger partial charge in [-0.05, 0) is 41.5 Å². The van der Waals surface area contributed by atoms with Gasteiger partial charge in [0.25, 0.3) is 5.91 Å². The molecule has 0 unspecified atom stereocenters. The Morgan fingerprint density at radius 2 is 1.82 bits per heavy atom. The highest BCUT2D eigenvalue weighted by atomic mass is 19.1. The Labute approximate surface area is 189 Å². The van der Waals surface area contributed by atoms with Crippen LogP contribution in [-0.2, 0) is 9.59 Å². The summed E-state index contributed by atoms with van der Waals surface area (Å²) in [5, 5.41) is 6.67. The van der Waals surface area contributed by atoms with Crippen LogP contribution in [0.1, 0.15) is 27.4 Å². The summed E-state index contributed by atoms with van der Waals surface area (Å²) >= 11 is 0. The fourth-order valence-electron chi connectivity index (χ4n) is 3.61. The molecule has 1 aliphatic rings. The second-order valence-corrected chi connectivity index (χ2v) is 7.45. The second kappa shape index (κ2) is 9.86. The third-order valence-corrected chi connectivity index (χ3v) is 5.21. The number of amides is 2. The van der Waals surface area contributed by atoms with Gasteiger partial charge in [0.1, 0.15) is 17.5 Å². The van der Waals surface area contributed by atoms with Crippen LogP contribution in [0.2, 0.25) is 0 Å². The molecule has 8 heteroatoms. The van der Waals surface area contributed by atoms with Crippen LogP contribution in [0.3, 0.4) is 0 Å². The largest absolute Gasteiger partial charge is 0.423 e. The minimum Gasteiger partial charge on any atom is -0.423 e. The molecule has 1 aliphatic heterocycles. The summed E-state index contributed by atoms with van der Waals surface area (Å²) in [7, 11) is 0. The van der Waals surface area contributed by atoms with Crippen LogP contribution in [0.4, 0.5) is 4.39 Å². The quantitative estimate of drug-likeness (QED) is 0.200. The first kappa shape index (κ1) is 21.9. The minimum absolute atomic E-state index is 0.0872. The van der Waals surface area contributed by atoms with Gasteiger partial charge < -0.3 is 10.1 Å². The van der Waals surface area contributed by atoms with E-state index in [0.717, 1.165) is 11.6 Å². The summed E-state index contributed by atoms with van der Waals surface area (Å²) in [6, 6.07) is 21.0. The molecular formula is C25H20FN3O4. The molecule has 0 spiro atoms. The van der Waals surface area contributed by atoms with Crippen molar-refractivity contribution in [2.45, 2.75) is 5.92 Å². The van der Waals surface area contributed by atoms with E-state index in [9.17, 15) is 18.8 Å². The normalized spacial score (nSPS) is 17.5. The average molecular weight is 445 g/mol. The van der Waals surface area contributed by atoms with Crippen molar-refractivity contribution in [1.82, 2.24) is 10.7 Å². The number of halogens is 1. The van der Waals surface area contributed by atoms with Gasteiger partial charge in [0.05, 0.1) is 11.8 Å². The van der Waals surface area contributed by atoms with Gasteiger partial charge in [0, 0.05) is 12.5 Å². The van der Waals surface area contributed by atoms with Crippen molar-refractivity contribution in [2.24, 2.45) is 11.0 Å². The van der Waals surface area contributed by atoms with Crippen molar-refractivity contribution in [3.8, 4) is 5.75 Å². The van der Waals surface area contributed by atoms with Crippen LogP contribution in [0.25, 0.3) is 0 Å². The standard InChI is InChI=1S/C25H20FN3O4/c26-19-10-5-9-18(13-19)25(32)33-20-11-4-6-16(12-20)14-28-29-24(31)22-21(15-27-23(22)30)17-7-2-1-3-8-17/h1-14,21-22H,15H2,(H,27,30)(H,29,31)/b28-14+/t21-,22-/m0/s1. The van der Waals surface area contributed by atoms with Crippen LogP contribution in [0.5, 0.6) is 5.75 Å². The number of carbonyl (C=O) groups is 3. The predicted molar refractivity (Wildman–Crippen MR) is 119 cm³/mol. The van der Waals surface area contributed by atoms with Gasteiger partial charge in [0.15, 0.2) is 0 Å². The van der Waals surface area contributed by atoms with Crippen LogP contribution in [0.15, 0.2) is 84.0 Å². The second-order valence-electron chi connectivity index (χ2n) is 7.45. The summed E-state index contributed by atoms with van der Waals surface area (Å²) in [4.78, 5) is 37.1. The highest BCUT2D eigenvalue weighted by molar-refractivity contribution is 6.03.